The summed E-state index contributed by atoms with van der Waals surface area (Å²) in [7, 11) is 0.366. The Morgan fingerprint density at radius 1 is 0.346 bits per heavy atom. The molecule has 0 aliphatic carbocycles. The normalized spacial score (nSPS) is 11.1. The molecule has 0 saturated heterocycles. The Hall–Kier alpha value is 0.495. The molecule has 26 heavy (non-hydrogen) atoms. The molecule has 2 heteroatoms. The van der Waals surface area contributed by atoms with Crippen molar-refractivity contribution in [2.24, 2.45) is 0 Å². The van der Waals surface area contributed by atoms with Gasteiger partial charge in [-0.15, -0.1) is 7.92 Å². The van der Waals surface area contributed by atoms with Gasteiger partial charge in [-0.2, -0.15) is 0 Å². The Balaban J connectivity index is 0. The lowest BCUT2D eigenvalue weighted by molar-refractivity contribution is 0.617. The maximum atomic E-state index is 2.32. The average Bonchev–Trinajstić information content (AvgIpc) is 2.63. The van der Waals surface area contributed by atoms with Gasteiger partial charge in [0.25, 0.3) is 0 Å². The molecule has 0 bridgehead atoms. The van der Waals surface area contributed by atoms with E-state index in [1.807, 2.05) is 0 Å². The molecule has 0 nitrogen and oxygen atoms in total. The van der Waals surface area contributed by atoms with Crippen LogP contribution in [0, 0.1) is 0 Å². The Morgan fingerprint density at radius 3 is 0.846 bits per heavy atom. The van der Waals surface area contributed by atoms with Crippen LogP contribution in [0.5, 0.6) is 0 Å². The van der Waals surface area contributed by atoms with Crippen molar-refractivity contribution in [3.8, 4) is 0 Å². The largest absolute Gasteiger partial charge is 0.107 e. The third-order valence-corrected chi connectivity index (χ3v) is 8.33. The zero-order valence-electron chi connectivity index (χ0n) is 18.3. The van der Waals surface area contributed by atoms with E-state index in [0.29, 0.717) is 7.92 Å². The minimum atomic E-state index is 0. The highest BCUT2D eigenvalue weighted by Gasteiger charge is 2.07. The maximum Gasteiger partial charge on any atom is 0.0814 e. The van der Waals surface area contributed by atoms with Crippen molar-refractivity contribution in [3.05, 3.63) is 0 Å². The molecule has 0 spiro atoms. The number of hydrogen-bond acceptors (Lipinski definition) is 0. The highest BCUT2D eigenvalue weighted by molar-refractivity contribution is 7.57. The van der Waals surface area contributed by atoms with Crippen LogP contribution in [0.3, 0.4) is 0 Å². The summed E-state index contributed by atoms with van der Waals surface area (Å²) in [5.74, 6) is 0. The Kier molecular flexibility index (Phi) is 28.1. The van der Waals surface area contributed by atoms with Gasteiger partial charge in [-0.25, -0.2) is 0 Å². The monoisotopic (exact) mass is 384 g/mol. The lowest BCUT2D eigenvalue weighted by atomic mass is 10.1. The molecule has 0 aliphatic heterocycles. The summed E-state index contributed by atoms with van der Waals surface area (Å²) in [6.07, 6.45) is 31.2. The molecule has 0 aromatic carbocycles. The van der Waals surface area contributed by atoms with E-state index in [-0.39, 0.29) is 8.41 Å². The van der Waals surface area contributed by atoms with E-state index >= 15 is 0 Å². The zero-order chi connectivity index (χ0) is 18.4. The molecule has 0 saturated carbocycles. The summed E-state index contributed by atoms with van der Waals surface area (Å²) in [5, 5.41) is 0. The number of unbranched alkanes of at least 4 members (excludes halogenated alkanes) is 15. The van der Waals surface area contributed by atoms with E-state index < -0.39 is 0 Å². The van der Waals surface area contributed by atoms with Gasteiger partial charge in [-0.3, -0.25) is 0 Å². The molecular weight excluding hydrogens is 330 g/mol. The first-order valence-electron chi connectivity index (χ1n) is 12.1. The van der Waals surface area contributed by atoms with Crippen LogP contribution < -0.4 is 0 Å². The lowest BCUT2D eigenvalue weighted by Gasteiger charge is -2.18. The van der Waals surface area contributed by atoms with Crippen molar-refractivity contribution in [2.45, 2.75) is 136 Å². The summed E-state index contributed by atoms with van der Waals surface area (Å²) in [4.78, 5) is 0. The average molecular weight is 384 g/mol. The maximum absolute atomic E-state index is 2.32. The van der Waals surface area contributed by atoms with Crippen molar-refractivity contribution in [3.63, 3.8) is 0 Å². The molecule has 0 radical (unpaired) electrons. The van der Waals surface area contributed by atoms with Gasteiger partial charge in [0, 0.05) is 0 Å². The molecule has 0 amide bonds. The van der Waals surface area contributed by atoms with Crippen molar-refractivity contribution in [1.82, 2.24) is 0 Å². The van der Waals surface area contributed by atoms with Crippen LogP contribution in [0.25, 0.3) is 0 Å². The molecule has 0 unspecified atom stereocenters. The molecule has 0 aliphatic rings. The third kappa shape index (κ3) is 22.5. The lowest BCUT2D eigenvalue weighted by Crippen LogP contribution is -1.97. The van der Waals surface area contributed by atoms with Crippen molar-refractivity contribution in [2.75, 3.05) is 18.5 Å². The highest BCUT2D eigenvalue weighted by Crippen LogP contribution is 2.39. The van der Waals surface area contributed by atoms with Gasteiger partial charge in [0.05, 0.1) is 8.41 Å². The van der Waals surface area contributed by atoms with Gasteiger partial charge in [0.15, 0.2) is 0 Å². The summed E-state index contributed by atoms with van der Waals surface area (Å²) >= 11 is 0. The van der Waals surface area contributed by atoms with Gasteiger partial charge in [0.2, 0.25) is 0 Å². The van der Waals surface area contributed by atoms with E-state index in [1.54, 1.807) is 18.5 Å². The predicted molar refractivity (Wildman–Crippen MR) is 132 cm³/mol. The molecular formula is C24H54BP. The van der Waals surface area contributed by atoms with Crippen molar-refractivity contribution >= 4 is 16.3 Å². The van der Waals surface area contributed by atoms with Crippen LogP contribution in [-0.4, -0.2) is 26.9 Å². The van der Waals surface area contributed by atoms with E-state index in [9.17, 15) is 0 Å². The molecule has 0 heterocycles. The zero-order valence-corrected chi connectivity index (χ0v) is 19.2. The fourth-order valence-corrected chi connectivity index (χ4v) is 6.37. The first kappa shape index (κ1) is 28.7. The summed E-state index contributed by atoms with van der Waals surface area (Å²) in [6.45, 7) is 6.96. The minimum absolute atomic E-state index is 0. The van der Waals surface area contributed by atoms with Gasteiger partial charge in [0.1, 0.15) is 0 Å². The van der Waals surface area contributed by atoms with Gasteiger partial charge in [-0.1, -0.05) is 117 Å². The third-order valence-electron chi connectivity index (χ3n) is 5.48. The topological polar surface area (TPSA) is 0 Å². The van der Waals surface area contributed by atoms with Gasteiger partial charge in [-0.05, 0) is 37.7 Å². The minimum Gasteiger partial charge on any atom is -0.107 e. The van der Waals surface area contributed by atoms with Crippen LogP contribution in [0.15, 0.2) is 0 Å². The standard InChI is InChI=1S/C24H51P.BH3/c1-4-7-10-13-16-19-22-25(23-20-17-14-11-8-5-2)24-21-18-15-12-9-6-3;/h4-24H2,1-3H3;1H3. The van der Waals surface area contributed by atoms with E-state index in [4.69, 9.17) is 0 Å². The fraction of sp³-hybridized carbons (Fsp3) is 1.00. The first-order valence-corrected chi connectivity index (χ1v) is 14.0. The second-order valence-corrected chi connectivity index (χ2v) is 10.8. The van der Waals surface area contributed by atoms with E-state index in [0.717, 1.165) is 0 Å². The van der Waals surface area contributed by atoms with Crippen LogP contribution >= 0.6 is 7.92 Å². The highest BCUT2D eigenvalue weighted by atomic mass is 31.1. The SMILES string of the molecule is B.CCCCCCCCP(CCCCCCCC)CCCCCCCC. The summed E-state index contributed by atoms with van der Waals surface area (Å²) < 4.78 is 0. The van der Waals surface area contributed by atoms with E-state index in [1.165, 1.54) is 116 Å². The van der Waals surface area contributed by atoms with Crippen molar-refractivity contribution in [1.29, 1.82) is 0 Å². The van der Waals surface area contributed by atoms with Crippen molar-refractivity contribution < 1.29 is 0 Å². The fourth-order valence-electron chi connectivity index (χ4n) is 3.68. The Morgan fingerprint density at radius 2 is 0.577 bits per heavy atom. The molecule has 0 aromatic heterocycles. The Bertz CT molecular complexity index is 194. The summed E-state index contributed by atoms with van der Waals surface area (Å²) in [6, 6.07) is 0. The molecule has 0 fully saturated rings. The smallest absolute Gasteiger partial charge is 0.0814 e. The number of rotatable bonds is 21. The summed E-state index contributed by atoms with van der Waals surface area (Å²) in [5.41, 5.74) is 0. The second kappa shape index (κ2) is 25.5. The van der Waals surface area contributed by atoms with Crippen LogP contribution in [0.1, 0.15) is 136 Å². The van der Waals surface area contributed by atoms with Crippen LogP contribution in [0.2, 0.25) is 0 Å². The molecule has 158 valence electrons. The molecule has 0 atom stereocenters. The Labute approximate surface area is 171 Å². The van der Waals surface area contributed by atoms with Gasteiger partial charge >= 0.3 is 0 Å². The first-order chi connectivity index (χ1) is 12.3. The van der Waals surface area contributed by atoms with Crippen LogP contribution in [-0.2, 0) is 0 Å². The van der Waals surface area contributed by atoms with Gasteiger partial charge < -0.3 is 0 Å². The molecule has 0 rings (SSSR count). The quantitative estimate of drug-likeness (QED) is 0.106. The van der Waals surface area contributed by atoms with Crippen LogP contribution in [0.4, 0.5) is 0 Å². The second-order valence-electron chi connectivity index (χ2n) is 8.14. The molecule has 0 N–H and O–H groups in total. The number of hydrogen-bond donors (Lipinski definition) is 0. The van der Waals surface area contributed by atoms with E-state index in [2.05, 4.69) is 20.8 Å². The predicted octanol–water partition coefficient (Wildman–Crippen LogP) is 8.37. The molecule has 0 aromatic rings.